The van der Waals surface area contributed by atoms with Crippen LogP contribution < -0.4 is 18.9 Å². The number of benzene rings is 2. The second kappa shape index (κ2) is 16.4. The third kappa shape index (κ3) is 11.4. The summed E-state index contributed by atoms with van der Waals surface area (Å²) in [5.41, 5.74) is -0.0952. The zero-order valence-corrected chi connectivity index (χ0v) is 31.7. The Balaban J connectivity index is 2.19. The van der Waals surface area contributed by atoms with Crippen LogP contribution in [0.4, 0.5) is 0 Å². The molecule has 2 aromatic rings. The van der Waals surface area contributed by atoms with Gasteiger partial charge >= 0.3 is 11.9 Å². The molecule has 0 aromatic heterocycles. The Morgan fingerprint density at radius 3 is 1.89 bits per heavy atom. The number of carbonyl (C=O) groups is 2. The van der Waals surface area contributed by atoms with Crippen LogP contribution in [0.3, 0.4) is 0 Å². The average Bonchev–Trinajstić information content (AvgIpc) is 2.94. The van der Waals surface area contributed by atoms with E-state index >= 15 is 0 Å². The summed E-state index contributed by atoms with van der Waals surface area (Å²) < 4.78 is 40.6. The molecule has 1 atom stereocenters. The maximum Gasteiger partial charge on any atom is 0.338 e. The predicted octanol–water partition coefficient (Wildman–Crippen LogP) is 8.88. The zero-order valence-electron chi connectivity index (χ0n) is 28.4. The Labute approximate surface area is 282 Å². The van der Waals surface area contributed by atoms with E-state index in [0.29, 0.717) is 58.4 Å². The highest BCUT2D eigenvalue weighted by Crippen LogP contribution is 2.39. The molecular weight excluding hydrogens is 684 g/mol. The number of rotatable bonds is 15. The molecular formula is C33H48BrClO9Si. The van der Waals surface area contributed by atoms with Gasteiger partial charge in [-0.1, -0.05) is 32.4 Å². The summed E-state index contributed by atoms with van der Waals surface area (Å²) in [7, 11) is 2.47. The lowest BCUT2D eigenvalue weighted by atomic mass is 10.1. The van der Waals surface area contributed by atoms with Crippen molar-refractivity contribution in [3.05, 3.63) is 44.9 Å². The van der Waals surface area contributed by atoms with Gasteiger partial charge in [-0.3, -0.25) is 0 Å². The molecule has 45 heavy (non-hydrogen) atoms. The van der Waals surface area contributed by atoms with Crippen LogP contribution in [-0.2, 0) is 13.9 Å². The highest BCUT2D eigenvalue weighted by Gasteiger charge is 2.37. The first-order valence-corrected chi connectivity index (χ1v) is 18.9. The van der Waals surface area contributed by atoms with E-state index in [-0.39, 0.29) is 22.8 Å². The summed E-state index contributed by atoms with van der Waals surface area (Å²) in [4.78, 5) is 26.0. The van der Waals surface area contributed by atoms with Crippen molar-refractivity contribution in [2.24, 2.45) is 0 Å². The molecule has 0 N–H and O–H groups in total. The van der Waals surface area contributed by atoms with Crippen LogP contribution in [0.15, 0.2) is 28.7 Å². The van der Waals surface area contributed by atoms with Crippen molar-refractivity contribution < 1.29 is 42.4 Å². The van der Waals surface area contributed by atoms with E-state index in [0.717, 1.165) is 0 Å². The lowest BCUT2D eigenvalue weighted by molar-refractivity contribution is 0.00684. The molecule has 0 bridgehead atoms. The van der Waals surface area contributed by atoms with Crippen molar-refractivity contribution in [2.75, 3.05) is 34.5 Å². The molecule has 252 valence electrons. The van der Waals surface area contributed by atoms with Crippen LogP contribution in [-0.4, -0.2) is 66.5 Å². The van der Waals surface area contributed by atoms with Crippen LogP contribution >= 0.6 is 27.5 Å². The minimum Gasteiger partial charge on any atom is -0.493 e. The molecule has 12 heteroatoms. The number of halogens is 2. The van der Waals surface area contributed by atoms with Crippen molar-refractivity contribution in [1.29, 1.82) is 0 Å². The summed E-state index contributed by atoms with van der Waals surface area (Å²) in [6.45, 7) is 17.0. The van der Waals surface area contributed by atoms with Crippen LogP contribution in [0.2, 0.25) is 23.2 Å². The van der Waals surface area contributed by atoms with Crippen molar-refractivity contribution in [3.63, 3.8) is 0 Å². The third-order valence-electron chi connectivity index (χ3n) is 7.44. The maximum absolute atomic E-state index is 13.3. The van der Waals surface area contributed by atoms with Gasteiger partial charge in [-0.15, -0.1) is 0 Å². The van der Waals surface area contributed by atoms with Gasteiger partial charge < -0.3 is 32.8 Å². The number of methoxy groups -OCH3 is 3. The van der Waals surface area contributed by atoms with E-state index in [1.165, 1.54) is 27.4 Å². The first-order valence-electron chi connectivity index (χ1n) is 14.8. The van der Waals surface area contributed by atoms with E-state index in [1.54, 1.807) is 39.0 Å². The second-order valence-electron chi connectivity index (χ2n) is 13.1. The Hall–Kier alpha value is -2.47. The molecule has 0 heterocycles. The summed E-state index contributed by atoms with van der Waals surface area (Å²) in [5.74, 6) is 0.487. The molecule has 0 aliphatic carbocycles. The van der Waals surface area contributed by atoms with Gasteiger partial charge in [-0.2, -0.15) is 0 Å². The monoisotopic (exact) mass is 730 g/mol. The van der Waals surface area contributed by atoms with Gasteiger partial charge in [0.2, 0.25) is 5.75 Å². The fourth-order valence-corrected chi connectivity index (χ4v) is 5.57. The van der Waals surface area contributed by atoms with Gasteiger partial charge in [0.15, 0.2) is 19.8 Å². The summed E-state index contributed by atoms with van der Waals surface area (Å²) in [6.07, 6.45) is 1.11. The topological polar surface area (TPSA) is 98.8 Å². The van der Waals surface area contributed by atoms with Gasteiger partial charge in [-0.05, 0) is 91.9 Å². The molecule has 0 saturated carbocycles. The standard InChI is InChI=1S/C33H48BrClO9Si/c1-32(2,3)44-31(37)21-17-24(35)28(34)25(18-21)41-15-12-13-23(14-16-42-45(10,11)33(4,5)6)43-30(36)22-19-26(38-7)29(40-9)27(20-22)39-8/h17-20,23H,12-16H2,1-11H3. The lowest BCUT2D eigenvalue weighted by Crippen LogP contribution is -2.41. The molecule has 2 aromatic carbocycles. The molecule has 0 amide bonds. The lowest BCUT2D eigenvalue weighted by Gasteiger charge is -2.36. The maximum atomic E-state index is 13.3. The van der Waals surface area contributed by atoms with E-state index < -0.39 is 32.0 Å². The van der Waals surface area contributed by atoms with Crippen molar-refractivity contribution in [2.45, 2.75) is 90.6 Å². The molecule has 0 saturated heterocycles. The fourth-order valence-electron chi connectivity index (χ4n) is 3.96. The minimum absolute atomic E-state index is 0.0473. The Morgan fingerprint density at radius 2 is 1.38 bits per heavy atom. The number of hydrogen-bond donors (Lipinski definition) is 0. The quantitative estimate of drug-likeness (QED) is 0.101. The predicted molar refractivity (Wildman–Crippen MR) is 182 cm³/mol. The van der Waals surface area contributed by atoms with E-state index in [4.69, 9.17) is 44.4 Å². The van der Waals surface area contributed by atoms with Crippen LogP contribution in [0.5, 0.6) is 23.0 Å². The molecule has 0 aliphatic heterocycles. The van der Waals surface area contributed by atoms with Crippen LogP contribution in [0.1, 0.15) is 81.5 Å². The SMILES string of the molecule is COc1cc(C(=O)OC(CCCOc2cc(C(=O)OC(C)(C)C)cc(Cl)c2Br)CCO[Si](C)(C)C(C)(C)C)cc(OC)c1OC. The van der Waals surface area contributed by atoms with E-state index in [1.807, 2.05) is 0 Å². The van der Waals surface area contributed by atoms with E-state index in [9.17, 15) is 9.59 Å². The molecule has 2 rings (SSSR count). The van der Waals surface area contributed by atoms with Gasteiger partial charge in [0.1, 0.15) is 17.5 Å². The van der Waals surface area contributed by atoms with Crippen LogP contribution in [0.25, 0.3) is 0 Å². The average molecular weight is 732 g/mol. The Morgan fingerprint density at radius 1 is 0.822 bits per heavy atom. The highest BCUT2D eigenvalue weighted by molar-refractivity contribution is 9.10. The van der Waals surface area contributed by atoms with Gasteiger partial charge in [0.05, 0.1) is 48.6 Å². The number of hydrogen-bond acceptors (Lipinski definition) is 9. The molecule has 0 radical (unpaired) electrons. The van der Waals surface area contributed by atoms with Crippen molar-refractivity contribution in [3.8, 4) is 23.0 Å². The molecule has 0 spiro atoms. The van der Waals surface area contributed by atoms with Gasteiger partial charge in [0, 0.05) is 13.0 Å². The second-order valence-corrected chi connectivity index (χ2v) is 19.1. The van der Waals surface area contributed by atoms with Crippen molar-refractivity contribution >= 4 is 47.8 Å². The third-order valence-corrected chi connectivity index (χ3v) is 13.3. The van der Waals surface area contributed by atoms with Crippen LogP contribution in [0, 0.1) is 0 Å². The summed E-state index contributed by atoms with van der Waals surface area (Å²) >= 11 is 9.82. The molecule has 9 nitrogen and oxygen atoms in total. The Bertz CT molecular complexity index is 1290. The Kier molecular flexibility index (Phi) is 14.1. The van der Waals surface area contributed by atoms with Gasteiger partial charge in [-0.25, -0.2) is 9.59 Å². The number of carbonyl (C=O) groups excluding carboxylic acids is 2. The van der Waals surface area contributed by atoms with Gasteiger partial charge in [0.25, 0.3) is 0 Å². The number of esters is 2. The summed E-state index contributed by atoms with van der Waals surface area (Å²) in [5, 5.41) is 0.374. The number of ether oxygens (including phenoxy) is 6. The highest BCUT2D eigenvalue weighted by atomic mass is 79.9. The normalized spacial score (nSPS) is 12.7. The van der Waals surface area contributed by atoms with E-state index in [2.05, 4.69) is 49.8 Å². The zero-order chi connectivity index (χ0) is 34.2. The summed E-state index contributed by atoms with van der Waals surface area (Å²) in [6, 6.07) is 6.26. The minimum atomic E-state index is -2.00. The van der Waals surface area contributed by atoms with Crippen molar-refractivity contribution in [1.82, 2.24) is 0 Å². The largest absolute Gasteiger partial charge is 0.493 e. The molecule has 1 unspecified atom stereocenters. The first-order chi connectivity index (χ1) is 20.8. The molecule has 0 fully saturated rings. The smallest absolute Gasteiger partial charge is 0.338 e. The fraction of sp³-hybridized carbons (Fsp3) is 0.576. The first kappa shape index (κ1) is 38.7. The molecule has 0 aliphatic rings.